The van der Waals surface area contributed by atoms with Crippen molar-refractivity contribution in [3.8, 4) is 0 Å². The Kier molecular flexibility index (Phi) is 4.29. The van der Waals surface area contributed by atoms with Crippen LogP contribution in [0.25, 0.3) is 10.9 Å². The smallest absolute Gasteiger partial charge is 0.0758 e. The molecular formula is C14H15BrN2. The third kappa shape index (κ3) is 2.93. The number of benzene rings is 1. The van der Waals surface area contributed by atoms with Crippen molar-refractivity contribution >= 4 is 26.8 Å². The molecule has 1 aromatic heterocycles. The summed E-state index contributed by atoms with van der Waals surface area (Å²) in [4.78, 5) is 4.45. The van der Waals surface area contributed by atoms with Crippen molar-refractivity contribution in [1.82, 2.24) is 10.3 Å². The van der Waals surface area contributed by atoms with Gasteiger partial charge in [0.15, 0.2) is 0 Å². The molecule has 2 nitrogen and oxygen atoms in total. The molecule has 0 atom stereocenters. The molecule has 0 aliphatic carbocycles. The van der Waals surface area contributed by atoms with Gasteiger partial charge in [-0.1, -0.05) is 34.1 Å². The first kappa shape index (κ1) is 12.3. The molecule has 2 aromatic rings. The van der Waals surface area contributed by atoms with Crippen molar-refractivity contribution in [2.45, 2.75) is 13.0 Å². The highest BCUT2D eigenvalue weighted by Gasteiger charge is 2.04. The molecule has 0 bridgehead atoms. The summed E-state index contributed by atoms with van der Waals surface area (Å²) in [6, 6.07) is 8.23. The van der Waals surface area contributed by atoms with Crippen LogP contribution in [0.15, 0.2) is 47.6 Å². The number of aromatic nitrogens is 1. The first-order valence-corrected chi connectivity index (χ1v) is 6.46. The minimum atomic E-state index is 0.842. The van der Waals surface area contributed by atoms with Gasteiger partial charge >= 0.3 is 0 Å². The van der Waals surface area contributed by atoms with Crippen LogP contribution in [-0.2, 0) is 6.54 Å². The fourth-order valence-corrected chi connectivity index (χ4v) is 2.22. The summed E-state index contributed by atoms with van der Waals surface area (Å²) in [7, 11) is 0. The van der Waals surface area contributed by atoms with Gasteiger partial charge < -0.3 is 5.32 Å². The zero-order valence-electron chi connectivity index (χ0n) is 9.62. The lowest BCUT2D eigenvalue weighted by Gasteiger charge is -2.08. The van der Waals surface area contributed by atoms with Crippen molar-refractivity contribution in [1.29, 1.82) is 0 Å². The van der Waals surface area contributed by atoms with Gasteiger partial charge in [0.1, 0.15) is 0 Å². The van der Waals surface area contributed by atoms with E-state index in [1.807, 2.05) is 18.3 Å². The molecule has 1 N–H and O–H groups in total. The normalized spacial score (nSPS) is 10.6. The summed E-state index contributed by atoms with van der Waals surface area (Å²) in [5, 5.41) is 4.55. The molecule has 1 heterocycles. The Morgan fingerprint density at radius 2 is 2.24 bits per heavy atom. The summed E-state index contributed by atoms with van der Waals surface area (Å²) >= 11 is 3.55. The van der Waals surface area contributed by atoms with Gasteiger partial charge in [-0.15, -0.1) is 6.58 Å². The first-order chi connectivity index (χ1) is 8.33. The summed E-state index contributed by atoms with van der Waals surface area (Å²) < 4.78 is 1.09. The minimum absolute atomic E-state index is 0.842. The predicted molar refractivity (Wildman–Crippen MR) is 76.0 cm³/mol. The Bertz CT molecular complexity index is 523. The molecule has 0 spiro atoms. The second-order valence-electron chi connectivity index (χ2n) is 3.86. The van der Waals surface area contributed by atoms with Crippen LogP contribution in [0, 0.1) is 0 Å². The molecule has 2 rings (SSSR count). The molecule has 0 fully saturated rings. The lowest BCUT2D eigenvalue weighted by Crippen LogP contribution is -2.14. The fourth-order valence-electron chi connectivity index (χ4n) is 1.77. The number of nitrogens with one attached hydrogen (secondary N) is 1. The first-order valence-electron chi connectivity index (χ1n) is 5.66. The molecule has 0 aliphatic rings. The van der Waals surface area contributed by atoms with Crippen LogP contribution in [0.4, 0.5) is 0 Å². The highest BCUT2D eigenvalue weighted by Crippen LogP contribution is 2.24. The van der Waals surface area contributed by atoms with Gasteiger partial charge in [0.05, 0.1) is 5.52 Å². The Labute approximate surface area is 110 Å². The molecule has 3 heteroatoms. The van der Waals surface area contributed by atoms with Crippen LogP contribution in [0.1, 0.15) is 12.0 Å². The number of hydrogen-bond donors (Lipinski definition) is 1. The second-order valence-corrected chi connectivity index (χ2v) is 4.71. The van der Waals surface area contributed by atoms with Crippen molar-refractivity contribution in [2.24, 2.45) is 0 Å². The number of hydrogen-bond acceptors (Lipinski definition) is 2. The third-order valence-electron chi connectivity index (χ3n) is 2.64. The maximum Gasteiger partial charge on any atom is 0.0758 e. The largest absolute Gasteiger partial charge is 0.312 e. The molecule has 0 saturated heterocycles. The van der Waals surface area contributed by atoms with E-state index in [9.17, 15) is 0 Å². The van der Waals surface area contributed by atoms with E-state index in [1.165, 1.54) is 5.56 Å². The monoisotopic (exact) mass is 290 g/mol. The van der Waals surface area contributed by atoms with Crippen LogP contribution < -0.4 is 5.32 Å². The quantitative estimate of drug-likeness (QED) is 0.671. The van der Waals surface area contributed by atoms with Crippen LogP contribution in [0.5, 0.6) is 0 Å². The van der Waals surface area contributed by atoms with Gasteiger partial charge in [0, 0.05) is 22.6 Å². The van der Waals surface area contributed by atoms with E-state index in [4.69, 9.17) is 0 Å². The summed E-state index contributed by atoms with van der Waals surface area (Å²) in [6.07, 6.45) is 4.74. The van der Waals surface area contributed by atoms with Crippen LogP contribution >= 0.6 is 15.9 Å². The van der Waals surface area contributed by atoms with E-state index >= 15 is 0 Å². The van der Waals surface area contributed by atoms with Gasteiger partial charge in [-0.05, 0) is 30.7 Å². The van der Waals surface area contributed by atoms with E-state index in [2.05, 4.69) is 51.0 Å². The van der Waals surface area contributed by atoms with Crippen LogP contribution in [-0.4, -0.2) is 11.5 Å². The molecular weight excluding hydrogens is 276 g/mol. The van der Waals surface area contributed by atoms with Gasteiger partial charge in [-0.25, -0.2) is 0 Å². The van der Waals surface area contributed by atoms with Crippen molar-refractivity contribution in [2.75, 3.05) is 6.54 Å². The summed E-state index contributed by atoms with van der Waals surface area (Å²) in [5.74, 6) is 0. The van der Waals surface area contributed by atoms with Crippen LogP contribution in [0.3, 0.4) is 0 Å². The van der Waals surface area contributed by atoms with Crippen molar-refractivity contribution in [3.63, 3.8) is 0 Å². The average Bonchev–Trinajstić information content (AvgIpc) is 2.37. The molecule has 88 valence electrons. The van der Waals surface area contributed by atoms with Gasteiger partial charge in [0.2, 0.25) is 0 Å². The lowest BCUT2D eigenvalue weighted by atomic mass is 10.1. The highest BCUT2D eigenvalue weighted by molar-refractivity contribution is 9.10. The van der Waals surface area contributed by atoms with E-state index in [0.717, 1.165) is 34.9 Å². The Hall–Kier alpha value is -1.19. The predicted octanol–water partition coefficient (Wildman–Crippen LogP) is 3.66. The van der Waals surface area contributed by atoms with E-state index in [1.54, 1.807) is 0 Å². The fraction of sp³-hybridized carbons (Fsp3) is 0.214. The van der Waals surface area contributed by atoms with Gasteiger partial charge in [-0.2, -0.15) is 0 Å². The van der Waals surface area contributed by atoms with E-state index in [-0.39, 0.29) is 0 Å². The molecule has 0 radical (unpaired) electrons. The summed E-state index contributed by atoms with van der Waals surface area (Å²) in [6.45, 7) is 5.50. The standard InChI is InChI=1S/C14H15BrN2/c1-2-3-8-16-10-11-6-7-13(15)12-5-4-9-17-14(11)12/h2,4-7,9,16H,1,3,8,10H2. The number of rotatable bonds is 5. The maximum atomic E-state index is 4.45. The molecule has 0 amide bonds. The number of nitrogens with zero attached hydrogens (tertiary/aromatic N) is 1. The second kappa shape index (κ2) is 5.94. The number of pyridine rings is 1. The Morgan fingerprint density at radius 3 is 3.06 bits per heavy atom. The molecule has 0 unspecified atom stereocenters. The van der Waals surface area contributed by atoms with Gasteiger partial charge in [-0.3, -0.25) is 4.98 Å². The van der Waals surface area contributed by atoms with Crippen molar-refractivity contribution in [3.05, 3.63) is 53.2 Å². The molecule has 17 heavy (non-hydrogen) atoms. The minimum Gasteiger partial charge on any atom is -0.312 e. The van der Waals surface area contributed by atoms with Crippen molar-refractivity contribution < 1.29 is 0 Å². The van der Waals surface area contributed by atoms with Crippen LogP contribution in [0.2, 0.25) is 0 Å². The number of halogens is 1. The molecule has 0 saturated carbocycles. The topological polar surface area (TPSA) is 24.9 Å². The average molecular weight is 291 g/mol. The molecule has 0 aliphatic heterocycles. The SMILES string of the molecule is C=CCCNCc1ccc(Br)c2cccnc12. The van der Waals surface area contributed by atoms with E-state index in [0.29, 0.717) is 0 Å². The zero-order valence-corrected chi connectivity index (χ0v) is 11.2. The lowest BCUT2D eigenvalue weighted by molar-refractivity contribution is 0.698. The van der Waals surface area contributed by atoms with E-state index < -0.39 is 0 Å². The Morgan fingerprint density at radius 1 is 1.35 bits per heavy atom. The highest BCUT2D eigenvalue weighted by atomic mass is 79.9. The summed E-state index contributed by atoms with van der Waals surface area (Å²) in [5.41, 5.74) is 2.29. The molecule has 1 aromatic carbocycles. The maximum absolute atomic E-state index is 4.45. The number of fused-ring (bicyclic) bond motifs is 1. The Balaban J connectivity index is 2.22. The van der Waals surface area contributed by atoms with Gasteiger partial charge in [0.25, 0.3) is 0 Å². The zero-order chi connectivity index (χ0) is 12.1. The third-order valence-corrected chi connectivity index (χ3v) is 3.33.